The highest BCUT2D eigenvalue weighted by atomic mass is 32.2. The lowest BCUT2D eigenvalue weighted by atomic mass is 10.0. The Morgan fingerprint density at radius 2 is 1.71 bits per heavy atom. The Kier molecular flexibility index (Phi) is 7.02. The predicted molar refractivity (Wildman–Crippen MR) is 135 cm³/mol. The zero-order valence-corrected chi connectivity index (χ0v) is 21.8. The number of sulfone groups is 1. The summed E-state index contributed by atoms with van der Waals surface area (Å²) in [7, 11) is -7.01. The second kappa shape index (κ2) is 9.70. The van der Waals surface area contributed by atoms with E-state index in [0.717, 1.165) is 30.4 Å². The quantitative estimate of drug-likeness (QED) is 0.471. The Balaban J connectivity index is 1.66. The average Bonchev–Trinajstić information content (AvgIpc) is 3.15. The molecule has 0 bridgehead atoms. The third-order valence-electron chi connectivity index (χ3n) is 6.01. The van der Waals surface area contributed by atoms with Crippen molar-refractivity contribution >= 4 is 47.3 Å². The van der Waals surface area contributed by atoms with E-state index in [4.69, 9.17) is 6.42 Å². The second-order valence-corrected chi connectivity index (χ2v) is 13.6. The molecule has 2 aromatic carbocycles. The molecule has 0 N–H and O–H groups in total. The zero-order chi connectivity index (χ0) is 25.4. The third-order valence-corrected chi connectivity index (χ3v) is 10.1. The van der Waals surface area contributed by atoms with Crippen LogP contribution in [0, 0.1) is 18.3 Å². The summed E-state index contributed by atoms with van der Waals surface area (Å²) >= 11 is 1.16. The van der Waals surface area contributed by atoms with E-state index in [2.05, 4.69) is 17.8 Å². The van der Waals surface area contributed by atoms with Gasteiger partial charge in [0.05, 0.1) is 26.6 Å². The minimum atomic E-state index is -3.62. The van der Waals surface area contributed by atoms with Crippen molar-refractivity contribution in [1.82, 2.24) is 8.87 Å². The van der Waals surface area contributed by atoms with Crippen molar-refractivity contribution in [3.8, 4) is 12.3 Å². The van der Waals surface area contributed by atoms with Crippen LogP contribution in [0.2, 0.25) is 0 Å². The molecule has 0 aliphatic carbocycles. The molecule has 0 unspecified atom stereocenters. The summed E-state index contributed by atoms with van der Waals surface area (Å²) in [5.74, 6) is 2.48. The Morgan fingerprint density at radius 1 is 1.09 bits per heavy atom. The van der Waals surface area contributed by atoms with Gasteiger partial charge in [-0.2, -0.15) is 9.30 Å². The molecule has 35 heavy (non-hydrogen) atoms. The molecule has 1 aliphatic rings. The van der Waals surface area contributed by atoms with Gasteiger partial charge in [-0.15, -0.1) is 6.42 Å². The number of nitrogens with zero attached hydrogens (tertiary/aromatic N) is 3. The maximum Gasteiger partial charge on any atom is 0.279 e. The minimum absolute atomic E-state index is 0.140. The van der Waals surface area contributed by atoms with Gasteiger partial charge < -0.3 is 4.57 Å². The molecule has 2 heterocycles. The lowest BCUT2D eigenvalue weighted by Crippen LogP contribution is -2.37. The predicted octanol–water partition coefficient (Wildman–Crippen LogP) is 2.90. The van der Waals surface area contributed by atoms with Crippen molar-refractivity contribution in [3.05, 3.63) is 52.8 Å². The van der Waals surface area contributed by atoms with Crippen LogP contribution in [0.5, 0.6) is 0 Å². The van der Waals surface area contributed by atoms with Gasteiger partial charge >= 0.3 is 0 Å². The number of hydrogen-bond acceptors (Lipinski definition) is 6. The Morgan fingerprint density at radius 3 is 2.31 bits per heavy atom. The fourth-order valence-electron chi connectivity index (χ4n) is 3.91. The van der Waals surface area contributed by atoms with E-state index >= 15 is 0 Å². The van der Waals surface area contributed by atoms with Crippen molar-refractivity contribution in [2.75, 3.05) is 19.3 Å². The van der Waals surface area contributed by atoms with Gasteiger partial charge in [0.25, 0.3) is 5.91 Å². The van der Waals surface area contributed by atoms with Crippen LogP contribution < -0.4 is 4.80 Å². The maximum absolute atomic E-state index is 12.9. The molecule has 1 saturated heterocycles. The molecule has 0 atom stereocenters. The van der Waals surface area contributed by atoms with Crippen LogP contribution in [0.1, 0.15) is 30.1 Å². The van der Waals surface area contributed by atoms with Crippen molar-refractivity contribution in [2.45, 2.75) is 36.1 Å². The molecular formula is C24H25N3O5S3. The summed E-state index contributed by atoms with van der Waals surface area (Å²) in [6.07, 6.45) is 8.28. The van der Waals surface area contributed by atoms with E-state index in [9.17, 15) is 21.6 Å². The first-order valence-electron chi connectivity index (χ1n) is 11.0. The van der Waals surface area contributed by atoms with Crippen LogP contribution >= 0.6 is 11.3 Å². The van der Waals surface area contributed by atoms with Crippen molar-refractivity contribution in [1.29, 1.82) is 0 Å². The maximum atomic E-state index is 12.9. The van der Waals surface area contributed by atoms with Gasteiger partial charge in [-0.3, -0.25) is 4.79 Å². The Bertz CT molecular complexity index is 1600. The van der Waals surface area contributed by atoms with Gasteiger partial charge in [-0.25, -0.2) is 16.8 Å². The summed E-state index contributed by atoms with van der Waals surface area (Å²) in [5.41, 5.74) is 0.905. The lowest BCUT2D eigenvalue weighted by Gasteiger charge is -2.29. The van der Waals surface area contributed by atoms with Crippen molar-refractivity contribution in [3.63, 3.8) is 0 Å². The zero-order valence-electron chi connectivity index (χ0n) is 19.3. The number of piperidine rings is 1. The molecular weight excluding hydrogens is 506 g/mol. The number of hydrogen-bond donors (Lipinski definition) is 0. The summed E-state index contributed by atoms with van der Waals surface area (Å²) in [6, 6.07) is 10.4. The standard InChI is InChI=1S/C24H25N3O5S3/c1-4-13-27-21-10-9-20(34(3,29)30)16-22(21)33-24(27)25-23(28)18-5-7-19(8-6-18)35(31,32)26-14-11-17(2)12-15-26/h1,5-10,16-17H,11-15H2,2-3H3. The van der Waals surface area contributed by atoms with Gasteiger partial charge in [0.15, 0.2) is 14.6 Å². The molecule has 184 valence electrons. The number of carbonyl (C=O) groups excluding carboxylic acids is 1. The van der Waals surface area contributed by atoms with Crippen LogP contribution in [-0.4, -0.2) is 51.0 Å². The summed E-state index contributed by atoms with van der Waals surface area (Å²) in [4.78, 5) is 17.7. The van der Waals surface area contributed by atoms with Crippen LogP contribution in [0.25, 0.3) is 10.2 Å². The molecule has 3 aromatic rings. The molecule has 0 saturated carbocycles. The highest BCUT2D eigenvalue weighted by Crippen LogP contribution is 2.24. The normalized spacial score (nSPS) is 16.4. The molecule has 4 rings (SSSR count). The average molecular weight is 532 g/mol. The lowest BCUT2D eigenvalue weighted by molar-refractivity contribution is 0.0997. The highest BCUT2D eigenvalue weighted by Gasteiger charge is 2.28. The molecule has 11 heteroatoms. The summed E-state index contributed by atoms with van der Waals surface area (Å²) in [6.45, 7) is 3.24. The van der Waals surface area contributed by atoms with Crippen molar-refractivity contribution in [2.24, 2.45) is 10.9 Å². The fraction of sp³-hybridized carbons (Fsp3) is 0.333. The van der Waals surface area contributed by atoms with Crippen LogP contribution in [-0.2, 0) is 26.4 Å². The molecule has 1 fully saturated rings. The number of thiazole rings is 1. The Labute approximate surface area is 208 Å². The number of fused-ring (bicyclic) bond motifs is 1. The van der Waals surface area contributed by atoms with Gasteiger partial charge in [0.2, 0.25) is 10.0 Å². The van der Waals surface area contributed by atoms with Crippen LogP contribution in [0.4, 0.5) is 0 Å². The van der Waals surface area contributed by atoms with E-state index in [1.807, 2.05) is 0 Å². The first-order chi connectivity index (χ1) is 16.5. The molecule has 1 aromatic heterocycles. The number of terminal acetylenes is 1. The molecule has 1 aliphatic heterocycles. The minimum Gasteiger partial charge on any atom is -0.305 e. The number of benzene rings is 2. The third kappa shape index (κ3) is 5.26. The van der Waals surface area contributed by atoms with E-state index in [-0.39, 0.29) is 21.9 Å². The molecule has 0 spiro atoms. The second-order valence-electron chi connectivity index (χ2n) is 8.60. The number of sulfonamides is 1. The van der Waals surface area contributed by atoms with Crippen LogP contribution in [0.15, 0.2) is 57.2 Å². The van der Waals surface area contributed by atoms with E-state index in [0.29, 0.717) is 34.0 Å². The summed E-state index contributed by atoms with van der Waals surface area (Å²) in [5, 5.41) is 0. The molecule has 8 nitrogen and oxygen atoms in total. The number of aromatic nitrogens is 1. The van der Waals surface area contributed by atoms with Gasteiger partial charge in [-0.1, -0.05) is 24.2 Å². The first kappa shape index (κ1) is 25.3. The smallest absolute Gasteiger partial charge is 0.279 e. The van der Waals surface area contributed by atoms with E-state index in [1.165, 1.54) is 40.7 Å². The Hall–Kier alpha value is -2.78. The summed E-state index contributed by atoms with van der Waals surface area (Å²) < 4.78 is 53.5. The monoisotopic (exact) mass is 531 g/mol. The number of amides is 1. The topological polar surface area (TPSA) is 106 Å². The fourth-order valence-corrected chi connectivity index (χ4v) is 7.17. The highest BCUT2D eigenvalue weighted by molar-refractivity contribution is 7.90. The first-order valence-corrected chi connectivity index (χ1v) is 15.1. The van der Waals surface area contributed by atoms with Crippen LogP contribution in [0.3, 0.4) is 0 Å². The van der Waals surface area contributed by atoms with E-state index < -0.39 is 25.8 Å². The largest absolute Gasteiger partial charge is 0.305 e. The molecule has 1 amide bonds. The molecule has 0 radical (unpaired) electrons. The van der Waals surface area contributed by atoms with Gasteiger partial charge in [0.1, 0.15) is 0 Å². The van der Waals surface area contributed by atoms with Gasteiger partial charge in [-0.05, 0) is 61.2 Å². The van der Waals surface area contributed by atoms with E-state index in [1.54, 1.807) is 10.6 Å². The number of rotatable bonds is 5. The number of carbonyl (C=O) groups is 1. The van der Waals surface area contributed by atoms with Gasteiger partial charge in [0, 0.05) is 24.9 Å². The van der Waals surface area contributed by atoms with Crippen molar-refractivity contribution < 1.29 is 21.6 Å². The SMILES string of the molecule is C#CCn1c(=NC(=O)c2ccc(S(=O)(=O)N3CCC(C)CC3)cc2)sc2cc(S(C)(=O)=O)ccc21.